The number of halogens is 1. The Kier molecular flexibility index (Phi) is 5.47. The monoisotopic (exact) mass is 332 g/mol. The van der Waals surface area contributed by atoms with Gasteiger partial charge in [-0.05, 0) is 31.2 Å². The van der Waals surface area contributed by atoms with Gasteiger partial charge in [-0.2, -0.15) is 0 Å². The maximum absolute atomic E-state index is 13.5. The highest BCUT2D eigenvalue weighted by Crippen LogP contribution is 2.28. The second-order valence-corrected chi connectivity index (χ2v) is 5.22. The zero-order valence-electron chi connectivity index (χ0n) is 13.4. The highest BCUT2D eigenvalue weighted by molar-refractivity contribution is 5.95. The Morgan fingerprint density at radius 1 is 1.29 bits per heavy atom. The SMILES string of the molecule is CC(=O)c1ccc(N(C)CCOc2ccccc2F)c([N+](=O)[O-])c1. The number of rotatable bonds is 7. The number of Topliss-reactive ketones (excluding diaryl/α,β-unsaturated/α-hetero) is 1. The van der Waals surface area contributed by atoms with Gasteiger partial charge in [-0.3, -0.25) is 14.9 Å². The molecule has 0 atom stereocenters. The van der Waals surface area contributed by atoms with E-state index in [1.165, 1.54) is 31.2 Å². The summed E-state index contributed by atoms with van der Waals surface area (Å²) in [5, 5.41) is 11.2. The first-order valence-corrected chi connectivity index (χ1v) is 7.28. The Labute approximate surface area is 138 Å². The molecular weight excluding hydrogens is 315 g/mol. The number of ether oxygens (including phenoxy) is 1. The molecule has 2 rings (SSSR count). The predicted octanol–water partition coefficient (Wildman–Crippen LogP) is 3.45. The summed E-state index contributed by atoms with van der Waals surface area (Å²) in [6.07, 6.45) is 0. The fourth-order valence-corrected chi connectivity index (χ4v) is 2.19. The van der Waals surface area contributed by atoms with Crippen LogP contribution in [0, 0.1) is 15.9 Å². The highest BCUT2D eigenvalue weighted by atomic mass is 19.1. The minimum absolute atomic E-state index is 0.132. The van der Waals surface area contributed by atoms with E-state index in [1.807, 2.05) is 0 Å². The molecule has 0 spiro atoms. The number of nitrogens with zero attached hydrogens (tertiary/aromatic N) is 2. The Balaban J connectivity index is 2.09. The number of para-hydroxylation sites is 1. The van der Waals surface area contributed by atoms with E-state index in [4.69, 9.17) is 4.74 Å². The largest absolute Gasteiger partial charge is 0.489 e. The van der Waals surface area contributed by atoms with E-state index in [9.17, 15) is 19.3 Å². The number of carbonyl (C=O) groups is 1. The van der Waals surface area contributed by atoms with Gasteiger partial charge < -0.3 is 9.64 Å². The van der Waals surface area contributed by atoms with Gasteiger partial charge in [-0.25, -0.2) is 4.39 Å². The zero-order chi connectivity index (χ0) is 17.7. The summed E-state index contributed by atoms with van der Waals surface area (Å²) in [4.78, 5) is 23.7. The quantitative estimate of drug-likeness (QED) is 0.441. The first-order valence-electron chi connectivity index (χ1n) is 7.28. The summed E-state index contributed by atoms with van der Waals surface area (Å²) < 4.78 is 18.8. The van der Waals surface area contributed by atoms with Crippen molar-refractivity contribution >= 4 is 17.2 Å². The minimum atomic E-state index is -0.532. The van der Waals surface area contributed by atoms with Crippen molar-refractivity contribution in [2.24, 2.45) is 0 Å². The predicted molar refractivity (Wildman–Crippen MR) is 88.3 cm³/mol. The maximum Gasteiger partial charge on any atom is 0.293 e. The van der Waals surface area contributed by atoms with Gasteiger partial charge in [0.25, 0.3) is 5.69 Å². The molecule has 0 aliphatic heterocycles. The van der Waals surface area contributed by atoms with Gasteiger partial charge in [-0.15, -0.1) is 0 Å². The summed E-state index contributed by atoms with van der Waals surface area (Å²) in [6.45, 7) is 1.82. The van der Waals surface area contributed by atoms with Crippen molar-refractivity contribution in [3.8, 4) is 5.75 Å². The van der Waals surface area contributed by atoms with Crippen LogP contribution in [-0.4, -0.2) is 30.9 Å². The molecule has 0 N–H and O–H groups in total. The Bertz CT molecular complexity index is 764. The first kappa shape index (κ1) is 17.4. The van der Waals surface area contributed by atoms with Crippen molar-refractivity contribution in [1.82, 2.24) is 0 Å². The lowest BCUT2D eigenvalue weighted by Gasteiger charge is -2.19. The van der Waals surface area contributed by atoms with Gasteiger partial charge in [0.15, 0.2) is 17.3 Å². The number of benzene rings is 2. The standard InChI is InChI=1S/C17H17FN2O4/c1-12(21)13-7-8-15(16(11-13)20(22)23)19(2)9-10-24-17-6-4-3-5-14(17)18/h3-8,11H,9-10H2,1-2H3. The van der Waals surface area contributed by atoms with Crippen LogP contribution in [0.3, 0.4) is 0 Å². The number of hydrogen-bond acceptors (Lipinski definition) is 5. The summed E-state index contributed by atoms with van der Waals surface area (Å²) in [6, 6.07) is 10.4. The molecule has 0 aliphatic rings. The Morgan fingerprint density at radius 3 is 2.62 bits per heavy atom. The van der Waals surface area contributed by atoms with E-state index in [0.717, 1.165) is 0 Å². The van der Waals surface area contributed by atoms with Crippen LogP contribution in [0.25, 0.3) is 0 Å². The molecule has 0 aliphatic carbocycles. The molecule has 0 heterocycles. The number of anilines is 1. The molecule has 0 saturated carbocycles. The molecule has 126 valence electrons. The molecule has 0 bridgehead atoms. The van der Waals surface area contributed by atoms with Gasteiger partial charge in [-0.1, -0.05) is 12.1 Å². The van der Waals surface area contributed by atoms with Crippen molar-refractivity contribution in [1.29, 1.82) is 0 Å². The molecule has 0 fully saturated rings. The van der Waals surface area contributed by atoms with Gasteiger partial charge in [0.05, 0.1) is 11.5 Å². The van der Waals surface area contributed by atoms with Crippen LogP contribution in [0.5, 0.6) is 5.75 Å². The molecule has 0 aromatic heterocycles. The number of ketones is 1. The summed E-state index contributed by atoms with van der Waals surface area (Å²) in [5.41, 5.74) is 0.486. The van der Waals surface area contributed by atoms with Crippen LogP contribution in [0.2, 0.25) is 0 Å². The Hall–Kier alpha value is -2.96. The summed E-state index contributed by atoms with van der Waals surface area (Å²) in [5.74, 6) is -0.570. The van der Waals surface area contributed by atoms with Gasteiger partial charge in [0.1, 0.15) is 12.3 Å². The molecule has 7 heteroatoms. The van der Waals surface area contributed by atoms with E-state index < -0.39 is 10.7 Å². The van der Waals surface area contributed by atoms with Crippen molar-refractivity contribution in [3.63, 3.8) is 0 Å². The zero-order valence-corrected chi connectivity index (χ0v) is 13.4. The molecule has 0 radical (unpaired) electrons. The third-order valence-electron chi connectivity index (χ3n) is 3.51. The van der Waals surface area contributed by atoms with E-state index in [0.29, 0.717) is 12.2 Å². The minimum Gasteiger partial charge on any atom is -0.489 e. The van der Waals surface area contributed by atoms with E-state index in [-0.39, 0.29) is 29.4 Å². The molecular formula is C17H17FN2O4. The molecule has 6 nitrogen and oxygen atoms in total. The van der Waals surface area contributed by atoms with E-state index in [1.54, 1.807) is 30.1 Å². The van der Waals surface area contributed by atoms with Crippen LogP contribution in [0.15, 0.2) is 42.5 Å². The number of hydrogen-bond donors (Lipinski definition) is 0. The fraction of sp³-hybridized carbons (Fsp3) is 0.235. The highest BCUT2D eigenvalue weighted by Gasteiger charge is 2.19. The number of carbonyl (C=O) groups excluding carboxylic acids is 1. The smallest absolute Gasteiger partial charge is 0.293 e. The number of nitro benzene ring substituents is 1. The average molecular weight is 332 g/mol. The van der Waals surface area contributed by atoms with Crippen LogP contribution in [0.4, 0.5) is 15.8 Å². The maximum atomic E-state index is 13.5. The Morgan fingerprint density at radius 2 is 2.00 bits per heavy atom. The third kappa shape index (κ3) is 4.07. The first-order chi connectivity index (χ1) is 11.4. The van der Waals surface area contributed by atoms with Crippen LogP contribution in [0.1, 0.15) is 17.3 Å². The van der Waals surface area contributed by atoms with E-state index >= 15 is 0 Å². The number of nitro groups is 1. The summed E-state index contributed by atoms with van der Waals surface area (Å²) in [7, 11) is 1.67. The topological polar surface area (TPSA) is 72.7 Å². The van der Waals surface area contributed by atoms with E-state index in [2.05, 4.69) is 0 Å². The number of likely N-dealkylation sites (N-methyl/N-ethyl adjacent to an activating group) is 1. The van der Waals surface area contributed by atoms with Gasteiger partial charge >= 0.3 is 0 Å². The van der Waals surface area contributed by atoms with Gasteiger partial charge in [0, 0.05) is 18.7 Å². The lowest BCUT2D eigenvalue weighted by Crippen LogP contribution is -2.24. The molecule has 0 unspecified atom stereocenters. The molecule has 0 amide bonds. The van der Waals surface area contributed by atoms with Crippen molar-refractivity contribution < 1.29 is 18.8 Å². The van der Waals surface area contributed by atoms with Crippen LogP contribution >= 0.6 is 0 Å². The molecule has 0 saturated heterocycles. The molecule has 2 aromatic rings. The third-order valence-corrected chi connectivity index (χ3v) is 3.51. The van der Waals surface area contributed by atoms with Crippen molar-refractivity contribution in [2.45, 2.75) is 6.92 Å². The lowest BCUT2D eigenvalue weighted by atomic mass is 10.1. The average Bonchev–Trinajstić information content (AvgIpc) is 2.55. The van der Waals surface area contributed by atoms with Crippen LogP contribution < -0.4 is 9.64 Å². The molecule has 24 heavy (non-hydrogen) atoms. The fourth-order valence-electron chi connectivity index (χ4n) is 2.19. The van der Waals surface area contributed by atoms with Crippen molar-refractivity contribution in [3.05, 3.63) is 64.0 Å². The second kappa shape index (κ2) is 7.54. The normalized spacial score (nSPS) is 10.3. The van der Waals surface area contributed by atoms with Gasteiger partial charge in [0.2, 0.25) is 0 Å². The second-order valence-electron chi connectivity index (χ2n) is 5.22. The van der Waals surface area contributed by atoms with Crippen LogP contribution in [-0.2, 0) is 0 Å². The van der Waals surface area contributed by atoms with Crippen molar-refractivity contribution in [2.75, 3.05) is 25.1 Å². The molecule has 2 aromatic carbocycles. The summed E-state index contributed by atoms with van der Waals surface area (Å²) >= 11 is 0. The lowest BCUT2D eigenvalue weighted by molar-refractivity contribution is -0.384.